The summed E-state index contributed by atoms with van der Waals surface area (Å²) in [4.78, 5) is 17.2. The van der Waals surface area contributed by atoms with Crippen LogP contribution in [0.25, 0.3) is 0 Å². The Labute approximate surface area is 166 Å². The highest BCUT2D eigenvalue weighted by Crippen LogP contribution is 2.45. The molecule has 27 heavy (non-hydrogen) atoms. The van der Waals surface area contributed by atoms with Crippen molar-refractivity contribution in [2.75, 3.05) is 32.8 Å². The van der Waals surface area contributed by atoms with E-state index in [9.17, 15) is 4.79 Å². The third-order valence-electron chi connectivity index (χ3n) is 6.42. The zero-order valence-electron chi connectivity index (χ0n) is 16.6. The highest BCUT2D eigenvalue weighted by atomic mass is 32.1. The SMILES string of the molecule is CCOC(=O)NC1CC(CN2CCC3(CC2)OCCc2sc(CC)cc23)C1. The molecule has 3 heterocycles. The van der Waals surface area contributed by atoms with Crippen molar-refractivity contribution < 1.29 is 14.3 Å². The van der Waals surface area contributed by atoms with Crippen molar-refractivity contribution in [1.29, 1.82) is 0 Å². The van der Waals surface area contributed by atoms with E-state index >= 15 is 0 Å². The maximum absolute atomic E-state index is 11.5. The molecule has 1 aromatic heterocycles. The Morgan fingerprint density at radius 3 is 2.85 bits per heavy atom. The first kappa shape index (κ1) is 19.2. The van der Waals surface area contributed by atoms with Crippen LogP contribution >= 0.6 is 11.3 Å². The number of nitrogens with zero attached hydrogens (tertiary/aromatic N) is 1. The zero-order valence-corrected chi connectivity index (χ0v) is 17.4. The fourth-order valence-corrected chi connectivity index (χ4v) is 6.04. The van der Waals surface area contributed by atoms with Crippen LogP contribution in [0.3, 0.4) is 0 Å². The van der Waals surface area contributed by atoms with Crippen molar-refractivity contribution in [3.05, 3.63) is 21.4 Å². The van der Waals surface area contributed by atoms with Gasteiger partial charge in [-0.05, 0) is 56.6 Å². The summed E-state index contributed by atoms with van der Waals surface area (Å²) in [7, 11) is 0. The molecule has 1 spiro atoms. The zero-order chi connectivity index (χ0) is 18.9. The van der Waals surface area contributed by atoms with E-state index in [2.05, 4.69) is 23.2 Å². The lowest BCUT2D eigenvalue weighted by Gasteiger charge is -2.46. The highest BCUT2D eigenvalue weighted by Gasteiger charge is 2.42. The summed E-state index contributed by atoms with van der Waals surface area (Å²) in [5, 5.41) is 2.95. The number of fused-ring (bicyclic) bond motifs is 2. The van der Waals surface area contributed by atoms with Crippen LogP contribution in [0, 0.1) is 5.92 Å². The number of piperidine rings is 1. The first-order valence-corrected chi connectivity index (χ1v) is 11.3. The fraction of sp³-hybridized carbons (Fsp3) is 0.762. The molecule has 4 rings (SSSR count). The average Bonchev–Trinajstić information content (AvgIpc) is 3.07. The summed E-state index contributed by atoms with van der Waals surface area (Å²) < 4.78 is 11.3. The normalized spacial score (nSPS) is 27.0. The molecule has 6 heteroatoms. The number of nitrogens with one attached hydrogen (secondary N) is 1. The van der Waals surface area contributed by atoms with E-state index in [4.69, 9.17) is 9.47 Å². The molecule has 1 saturated carbocycles. The Hall–Kier alpha value is -1.11. The van der Waals surface area contributed by atoms with Crippen molar-refractivity contribution in [2.24, 2.45) is 5.92 Å². The van der Waals surface area contributed by atoms with Crippen LogP contribution in [0.5, 0.6) is 0 Å². The Morgan fingerprint density at radius 1 is 1.37 bits per heavy atom. The number of aryl methyl sites for hydroxylation is 1. The highest BCUT2D eigenvalue weighted by molar-refractivity contribution is 7.12. The minimum atomic E-state index is -0.270. The first-order valence-electron chi connectivity index (χ1n) is 10.5. The standard InChI is InChI=1S/C21H32N2O3S/c1-3-17-13-18-19(27-17)5-10-26-21(18)6-8-23(9-7-21)14-15-11-16(12-15)22-20(24)25-4-2/h13,15-16H,3-12,14H2,1-2H3,(H,22,24). The Balaban J connectivity index is 1.26. The number of hydrogen-bond acceptors (Lipinski definition) is 5. The van der Waals surface area contributed by atoms with E-state index in [1.54, 1.807) is 4.88 Å². The summed E-state index contributed by atoms with van der Waals surface area (Å²) in [5.74, 6) is 0.696. The van der Waals surface area contributed by atoms with Gasteiger partial charge in [-0.25, -0.2) is 4.79 Å². The average molecular weight is 393 g/mol. The molecule has 0 atom stereocenters. The van der Waals surface area contributed by atoms with E-state index in [0.29, 0.717) is 18.6 Å². The van der Waals surface area contributed by atoms with Gasteiger partial charge in [-0.2, -0.15) is 0 Å². The molecule has 1 amide bonds. The Kier molecular flexibility index (Phi) is 5.76. The van der Waals surface area contributed by atoms with Gasteiger partial charge in [0.2, 0.25) is 0 Å². The van der Waals surface area contributed by atoms with Crippen LogP contribution < -0.4 is 5.32 Å². The summed E-state index contributed by atoms with van der Waals surface area (Å²) >= 11 is 2.00. The minimum Gasteiger partial charge on any atom is -0.450 e. The number of carbonyl (C=O) groups excluding carboxylic acids is 1. The number of likely N-dealkylation sites (tertiary alicyclic amines) is 1. The third-order valence-corrected chi connectivity index (χ3v) is 7.76. The van der Waals surface area contributed by atoms with Crippen LogP contribution in [0.2, 0.25) is 0 Å². The number of rotatable bonds is 5. The Morgan fingerprint density at radius 2 is 2.15 bits per heavy atom. The van der Waals surface area contributed by atoms with Crippen molar-refractivity contribution >= 4 is 17.4 Å². The van der Waals surface area contributed by atoms with Gasteiger partial charge in [-0.3, -0.25) is 0 Å². The number of amides is 1. The molecule has 0 bridgehead atoms. The van der Waals surface area contributed by atoms with E-state index < -0.39 is 0 Å². The van der Waals surface area contributed by atoms with E-state index in [1.165, 1.54) is 10.4 Å². The second-order valence-electron chi connectivity index (χ2n) is 8.20. The lowest BCUT2D eigenvalue weighted by Crippen LogP contribution is -2.51. The lowest BCUT2D eigenvalue weighted by atomic mass is 9.78. The van der Waals surface area contributed by atoms with E-state index in [1.807, 2.05) is 18.3 Å². The summed E-state index contributed by atoms with van der Waals surface area (Å²) in [6.45, 7) is 8.77. The molecule has 2 aliphatic heterocycles. The van der Waals surface area contributed by atoms with Gasteiger partial charge in [0.15, 0.2) is 0 Å². The quantitative estimate of drug-likeness (QED) is 0.830. The lowest BCUT2D eigenvalue weighted by molar-refractivity contribution is -0.0996. The van der Waals surface area contributed by atoms with Crippen LogP contribution in [0.4, 0.5) is 4.79 Å². The number of alkyl carbamates (subject to hydrolysis) is 1. The summed E-state index contributed by atoms with van der Waals surface area (Å²) in [6, 6.07) is 2.72. The molecule has 0 radical (unpaired) electrons. The molecule has 2 fully saturated rings. The molecule has 1 saturated heterocycles. The predicted molar refractivity (Wildman–Crippen MR) is 107 cm³/mol. The topological polar surface area (TPSA) is 50.8 Å². The molecule has 5 nitrogen and oxygen atoms in total. The van der Waals surface area contributed by atoms with Crippen LogP contribution in [0.1, 0.15) is 54.8 Å². The van der Waals surface area contributed by atoms with Gasteiger partial charge < -0.3 is 19.7 Å². The van der Waals surface area contributed by atoms with Gasteiger partial charge in [0.05, 0.1) is 18.8 Å². The smallest absolute Gasteiger partial charge is 0.407 e. The van der Waals surface area contributed by atoms with Gasteiger partial charge >= 0.3 is 6.09 Å². The molecule has 0 aromatic carbocycles. The summed E-state index contributed by atoms with van der Waals surface area (Å²) in [5.41, 5.74) is 1.47. The van der Waals surface area contributed by atoms with Gasteiger partial charge in [0.25, 0.3) is 0 Å². The fourth-order valence-electron chi connectivity index (χ4n) is 4.86. The predicted octanol–water partition coefficient (Wildman–Crippen LogP) is 3.70. The molecule has 1 aromatic rings. The van der Waals surface area contributed by atoms with Crippen LogP contribution in [0.15, 0.2) is 6.07 Å². The van der Waals surface area contributed by atoms with Crippen molar-refractivity contribution in [2.45, 2.75) is 64.0 Å². The van der Waals surface area contributed by atoms with Gasteiger partial charge in [-0.15, -0.1) is 11.3 Å². The molecule has 3 aliphatic rings. The number of thiophene rings is 1. The molecule has 1 aliphatic carbocycles. The van der Waals surface area contributed by atoms with Crippen molar-refractivity contribution in [1.82, 2.24) is 10.2 Å². The monoisotopic (exact) mass is 392 g/mol. The second kappa shape index (κ2) is 8.10. The number of carbonyl (C=O) groups is 1. The second-order valence-corrected chi connectivity index (χ2v) is 9.42. The number of hydrogen-bond donors (Lipinski definition) is 1. The number of ether oxygens (including phenoxy) is 2. The molecule has 0 unspecified atom stereocenters. The molecule has 1 N–H and O–H groups in total. The van der Waals surface area contributed by atoms with Gasteiger partial charge in [-0.1, -0.05) is 6.92 Å². The van der Waals surface area contributed by atoms with Crippen molar-refractivity contribution in [3.8, 4) is 0 Å². The third kappa shape index (κ3) is 4.03. The van der Waals surface area contributed by atoms with E-state index in [-0.39, 0.29) is 11.7 Å². The molecular weight excluding hydrogens is 360 g/mol. The maximum Gasteiger partial charge on any atom is 0.407 e. The molecule has 150 valence electrons. The molecular formula is C21H32N2O3S. The van der Waals surface area contributed by atoms with Crippen LogP contribution in [-0.4, -0.2) is 49.9 Å². The first-order chi connectivity index (χ1) is 13.1. The largest absolute Gasteiger partial charge is 0.450 e. The maximum atomic E-state index is 11.5. The van der Waals surface area contributed by atoms with Gasteiger partial charge in [0.1, 0.15) is 0 Å². The van der Waals surface area contributed by atoms with Gasteiger partial charge in [0, 0.05) is 41.9 Å². The van der Waals surface area contributed by atoms with E-state index in [0.717, 1.165) is 64.8 Å². The minimum absolute atomic E-state index is 0.0262. The summed E-state index contributed by atoms with van der Waals surface area (Å²) in [6.07, 6.45) is 6.31. The van der Waals surface area contributed by atoms with Crippen LogP contribution in [-0.2, 0) is 27.9 Å². The van der Waals surface area contributed by atoms with Crippen molar-refractivity contribution in [3.63, 3.8) is 0 Å². The Bertz CT molecular complexity index is 660.